The molecule has 0 atom stereocenters. The number of halogens is 1. The van der Waals surface area contributed by atoms with Crippen molar-refractivity contribution >= 4 is 17.4 Å². The van der Waals surface area contributed by atoms with Crippen molar-refractivity contribution in [1.82, 2.24) is 9.97 Å². The average molecular weight is 228 g/mol. The van der Waals surface area contributed by atoms with Crippen LogP contribution in [0.1, 0.15) is 32.2 Å². The molecule has 84 valence electrons. The van der Waals surface area contributed by atoms with E-state index in [0.29, 0.717) is 11.0 Å². The highest BCUT2D eigenvalue weighted by molar-refractivity contribution is 6.31. The first-order valence-corrected chi connectivity index (χ1v) is 5.42. The van der Waals surface area contributed by atoms with E-state index in [9.17, 15) is 0 Å². The first-order valence-electron chi connectivity index (χ1n) is 5.04. The summed E-state index contributed by atoms with van der Waals surface area (Å²) in [5.41, 5.74) is 1.99. The van der Waals surface area contributed by atoms with Crippen molar-refractivity contribution in [3.05, 3.63) is 16.5 Å². The van der Waals surface area contributed by atoms with Crippen LogP contribution in [0.5, 0.6) is 0 Å². The van der Waals surface area contributed by atoms with Gasteiger partial charge in [-0.25, -0.2) is 9.97 Å². The van der Waals surface area contributed by atoms with E-state index >= 15 is 0 Å². The molecule has 1 N–H and O–H groups in total. The van der Waals surface area contributed by atoms with E-state index in [1.807, 2.05) is 13.8 Å². The van der Waals surface area contributed by atoms with Gasteiger partial charge in [-0.2, -0.15) is 0 Å². The van der Waals surface area contributed by atoms with Gasteiger partial charge in [0.25, 0.3) is 0 Å². The summed E-state index contributed by atoms with van der Waals surface area (Å²) in [5, 5.41) is 3.66. The number of rotatable bonds is 2. The minimum absolute atomic E-state index is 0.198. The summed E-state index contributed by atoms with van der Waals surface area (Å²) in [6.07, 6.45) is 0. The van der Waals surface area contributed by atoms with Crippen molar-refractivity contribution in [1.29, 1.82) is 0 Å². The number of hydrogen-bond acceptors (Lipinski definition) is 3. The van der Waals surface area contributed by atoms with Crippen LogP contribution in [0.2, 0.25) is 5.15 Å². The Morgan fingerprint density at radius 1 is 1.13 bits per heavy atom. The maximum Gasteiger partial charge on any atom is 0.171 e. The molecular weight excluding hydrogens is 210 g/mol. The van der Waals surface area contributed by atoms with Gasteiger partial charge in [-0.15, -0.1) is 0 Å². The first kappa shape index (κ1) is 12.2. The smallest absolute Gasteiger partial charge is 0.171 e. The van der Waals surface area contributed by atoms with Crippen molar-refractivity contribution < 1.29 is 0 Å². The van der Waals surface area contributed by atoms with E-state index in [0.717, 1.165) is 17.9 Å². The van der Waals surface area contributed by atoms with Gasteiger partial charge in [0.15, 0.2) is 11.0 Å². The Morgan fingerprint density at radius 3 is 2.20 bits per heavy atom. The van der Waals surface area contributed by atoms with Gasteiger partial charge in [0.1, 0.15) is 0 Å². The molecule has 4 heteroatoms. The van der Waals surface area contributed by atoms with Gasteiger partial charge in [-0.1, -0.05) is 32.4 Å². The van der Waals surface area contributed by atoms with Gasteiger partial charge >= 0.3 is 0 Å². The molecule has 0 radical (unpaired) electrons. The minimum atomic E-state index is 0.198. The zero-order valence-electron chi connectivity index (χ0n) is 9.98. The van der Waals surface area contributed by atoms with Crippen molar-refractivity contribution in [3.63, 3.8) is 0 Å². The molecule has 1 heterocycles. The summed E-state index contributed by atoms with van der Waals surface area (Å²) in [5.74, 6) is 0.676. The quantitative estimate of drug-likeness (QED) is 0.843. The molecule has 0 saturated carbocycles. The largest absolute Gasteiger partial charge is 0.367 e. The van der Waals surface area contributed by atoms with Crippen LogP contribution in [-0.2, 0) is 0 Å². The standard InChI is InChI=1S/C11H18ClN3/c1-7-8(2)15-10(9(12)14-7)13-6-11(3,4)5/h6H2,1-5H3,(H,13,15). The van der Waals surface area contributed by atoms with E-state index in [4.69, 9.17) is 11.6 Å². The molecule has 1 aromatic heterocycles. The van der Waals surface area contributed by atoms with Crippen LogP contribution in [0.3, 0.4) is 0 Å². The van der Waals surface area contributed by atoms with E-state index in [-0.39, 0.29) is 5.41 Å². The molecule has 0 saturated heterocycles. The highest BCUT2D eigenvalue weighted by atomic mass is 35.5. The minimum Gasteiger partial charge on any atom is -0.367 e. The molecule has 0 fully saturated rings. The first-order chi connectivity index (χ1) is 6.79. The fourth-order valence-electron chi connectivity index (χ4n) is 1.04. The third-order valence-corrected chi connectivity index (χ3v) is 2.31. The summed E-state index contributed by atoms with van der Waals surface area (Å²) < 4.78 is 0. The molecular formula is C11H18ClN3. The summed E-state index contributed by atoms with van der Waals surface area (Å²) in [7, 11) is 0. The number of hydrogen-bond donors (Lipinski definition) is 1. The van der Waals surface area contributed by atoms with Crippen LogP contribution < -0.4 is 5.32 Å². The third-order valence-electron chi connectivity index (χ3n) is 2.05. The van der Waals surface area contributed by atoms with Gasteiger partial charge in [0, 0.05) is 6.54 Å². The Bertz CT molecular complexity index is 356. The second-order valence-electron chi connectivity index (χ2n) is 4.95. The fraction of sp³-hybridized carbons (Fsp3) is 0.636. The molecule has 0 bridgehead atoms. The molecule has 3 nitrogen and oxygen atoms in total. The van der Waals surface area contributed by atoms with Crippen LogP contribution in [-0.4, -0.2) is 16.5 Å². The molecule has 0 spiro atoms. The number of nitrogens with zero attached hydrogens (tertiary/aromatic N) is 2. The Hall–Kier alpha value is -0.830. The van der Waals surface area contributed by atoms with E-state index < -0.39 is 0 Å². The van der Waals surface area contributed by atoms with Crippen molar-refractivity contribution in [2.45, 2.75) is 34.6 Å². The zero-order valence-corrected chi connectivity index (χ0v) is 10.7. The van der Waals surface area contributed by atoms with E-state index in [2.05, 4.69) is 36.1 Å². The monoisotopic (exact) mass is 227 g/mol. The molecule has 15 heavy (non-hydrogen) atoms. The fourth-order valence-corrected chi connectivity index (χ4v) is 1.27. The van der Waals surface area contributed by atoms with Gasteiger partial charge in [0.2, 0.25) is 0 Å². The van der Waals surface area contributed by atoms with Crippen LogP contribution >= 0.6 is 11.6 Å². The van der Waals surface area contributed by atoms with Crippen LogP contribution in [0.15, 0.2) is 0 Å². The van der Waals surface area contributed by atoms with E-state index in [1.54, 1.807) is 0 Å². The molecule has 1 aromatic rings. The maximum atomic E-state index is 5.99. The Kier molecular flexibility index (Phi) is 3.55. The molecule has 0 aliphatic heterocycles. The molecule has 0 unspecified atom stereocenters. The third kappa shape index (κ3) is 3.67. The number of aromatic nitrogens is 2. The summed E-state index contributed by atoms with van der Waals surface area (Å²) in [6, 6.07) is 0. The van der Waals surface area contributed by atoms with Crippen molar-refractivity contribution in [2.75, 3.05) is 11.9 Å². The van der Waals surface area contributed by atoms with Gasteiger partial charge < -0.3 is 5.32 Å². The molecule has 0 aliphatic carbocycles. The number of anilines is 1. The zero-order chi connectivity index (χ0) is 11.6. The van der Waals surface area contributed by atoms with Crippen molar-refractivity contribution in [3.8, 4) is 0 Å². The summed E-state index contributed by atoms with van der Waals surface area (Å²) in [4.78, 5) is 8.58. The lowest BCUT2D eigenvalue weighted by molar-refractivity contribution is 0.442. The van der Waals surface area contributed by atoms with Gasteiger partial charge in [-0.3, -0.25) is 0 Å². The van der Waals surface area contributed by atoms with Crippen LogP contribution in [0, 0.1) is 19.3 Å². The SMILES string of the molecule is Cc1nc(Cl)c(NCC(C)(C)C)nc1C. The number of aryl methyl sites for hydroxylation is 2. The maximum absolute atomic E-state index is 5.99. The Balaban J connectivity index is 2.82. The lowest BCUT2D eigenvalue weighted by Crippen LogP contribution is -2.20. The van der Waals surface area contributed by atoms with Crippen LogP contribution in [0.4, 0.5) is 5.82 Å². The lowest BCUT2D eigenvalue weighted by Gasteiger charge is -2.19. The van der Waals surface area contributed by atoms with Crippen molar-refractivity contribution in [2.24, 2.45) is 5.41 Å². The topological polar surface area (TPSA) is 37.8 Å². The van der Waals surface area contributed by atoms with Crippen LogP contribution in [0.25, 0.3) is 0 Å². The molecule has 1 rings (SSSR count). The van der Waals surface area contributed by atoms with Gasteiger partial charge in [-0.05, 0) is 19.3 Å². The lowest BCUT2D eigenvalue weighted by atomic mass is 9.97. The van der Waals surface area contributed by atoms with E-state index in [1.165, 1.54) is 0 Å². The highest BCUT2D eigenvalue weighted by Crippen LogP contribution is 2.20. The summed E-state index contributed by atoms with van der Waals surface area (Å²) >= 11 is 5.99. The molecule has 0 amide bonds. The predicted molar refractivity (Wildman–Crippen MR) is 64.5 cm³/mol. The summed E-state index contributed by atoms with van der Waals surface area (Å²) in [6.45, 7) is 11.1. The Labute approximate surface area is 96.3 Å². The average Bonchev–Trinajstić information content (AvgIpc) is 2.07. The predicted octanol–water partition coefficient (Wildman–Crippen LogP) is 3.20. The normalized spacial score (nSPS) is 11.6. The second-order valence-corrected chi connectivity index (χ2v) is 5.31. The highest BCUT2D eigenvalue weighted by Gasteiger charge is 2.12. The Morgan fingerprint density at radius 2 is 1.67 bits per heavy atom. The second kappa shape index (κ2) is 4.35. The number of nitrogens with one attached hydrogen (secondary N) is 1. The molecule has 0 aliphatic rings. The van der Waals surface area contributed by atoms with Gasteiger partial charge in [0.05, 0.1) is 11.4 Å². The molecule has 0 aromatic carbocycles.